The summed E-state index contributed by atoms with van der Waals surface area (Å²) in [5.41, 5.74) is 0.541. The van der Waals surface area contributed by atoms with Gasteiger partial charge in [-0.1, -0.05) is 15.9 Å². The van der Waals surface area contributed by atoms with Crippen molar-refractivity contribution in [2.45, 2.75) is 6.04 Å². The smallest absolute Gasteiger partial charge is 0.328 e. The van der Waals surface area contributed by atoms with Gasteiger partial charge in [0.1, 0.15) is 0 Å². The van der Waals surface area contributed by atoms with Crippen molar-refractivity contribution in [2.75, 3.05) is 25.1 Å². The van der Waals surface area contributed by atoms with Gasteiger partial charge in [-0.15, -0.1) is 0 Å². The maximum atomic E-state index is 12.3. The normalized spacial score (nSPS) is 18.4. The molecule has 21 heavy (non-hydrogen) atoms. The first-order valence-electron chi connectivity index (χ1n) is 5.93. The number of rotatable bonds is 2. The van der Waals surface area contributed by atoms with Crippen LogP contribution in [-0.2, 0) is 9.53 Å². The zero-order valence-corrected chi connectivity index (χ0v) is 15.4. The first-order valence-corrected chi connectivity index (χ1v) is 8.30. The highest BCUT2D eigenvalue weighted by molar-refractivity contribution is 9.11. The summed E-state index contributed by atoms with van der Waals surface area (Å²) in [6.45, 7) is 0.542. The molecule has 2 amide bonds. The first-order chi connectivity index (χ1) is 9.90. The molecule has 0 spiro atoms. The quantitative estimate of drug-likeness (QED) is 0.672. The molecule has 1 aliphatic heterocycles. The van der Waals surface area contributed by atoms with Crippen LogP contribution in [0.2, 0.25) is 0 Å². The maximum Gasteiger partial charge on any atom is 0.328 e. The molecule has 2 N–H and O–H groups in total. The number of aliphatic carboxylic acids is 1. The van der Waals surface area contributed by atoms with Gasteiger partial charge in [0, 0.05) is 20.0 Å². The second kappa shape index (κ2) is 7.08. The SMILES string of the molecule is O=C(O)C1COCCN1C(=O)Nc1c(Br)cc(Br)cc1Br. The van der Waals surface area contributed by atoms with Crippen LogP contribution in [-0.4, -0.2) is 47.8 Å². The van der Waals surface area contributed by atoms with Gasteiger partial charge < -0.3 is 20.1 Å². The Balaban J connectivity index is 2.19. The molecule has 0 radical (unpaired) electrons. The number of carbonyl (C=O) groups is 2. The number of hydrogen-bond acceptors (Lipinski definition) is 3. The van der Waals surface area contributed by atoms with Gasteiger partial charge >= 0.3 is 12.0 Å². The molecule has 1 fully saturated rings. The van der Waals surface area contributed by atoms with Crippen LogP contribution < -0.4 is 5.32 Å². The lowest BCUT2D eigenvalue weighted by Crippen LogP contribution is -2.54. The zero-order chi connectivity index (χ0) is 15.6. The summed E-state index contributed by atoms with van der Waals surface area (Å²) >= 11 is 10.1. The summed E-state index contributed by atoms with van der Waals surface area (Å²) < 4.78 is 7.31. The van der Waals surface area contributed by atoms with Crippen LogP contribution in [0.1, 0.15) is 0 Å². The van der Waals surface area contributed by atoms with Gasteiger partial charge in [0.05, 0.1) is 18.9 Å². The van der Waals surface area contributed by atoms with Crippen LogP contribution >= 0.6 is 47.8 Å². The van der Waals surface area contributed by atoms with Crippen molar-refractivity contribution in [1.82, 2.24) is 4.90 Å². The number of anilines is 1. The number of amides is 2. The Morgan fingerprint density at radius 1 is 1.29 bits per heavy atom. The van der Waals surface area contributed by atoms with E-state index < -0.39 is 18.0 Å². The van der Waals surface area contributed by atoms with Gasteiger partial charge in [-0.3, -0.25) is 0 Å². The Morgan fingerprint density at radius 2 is 1.90 bits per heavy atom. The van der Waals surface area contributed by atoms with E-state index in [1.165, 1.54) is 4.90 Å². The Bertz CT molecular complexity index is 559. The lowest BCUT2D eigenvalue weighted by Gasteiger charge is -2.33. The Hall–Kier alpha value is -0.640. The third-order valence-electron chi connectivity index (χ3n) is 2.91. The van der Waals surface area contributed by atoms with Gasteiger partial charge in [0.15, 0.2) is 6.04 Å². The fourth-order valence-electron chi connectivity index (χ4n) is 1.89. The highest BCUT2D eigenvalue weighted by Crippen LogP contribution is 2.34. The van der Waals surface area contributed by atoms with Crippen molar-refractivity contribution in [3.05, 3.63) is 25.6 Å². The minimum absolute atomic E-state index is 0.00850. The van der Waals surface area contributed by atoms with Crippen molar-refractivity contribution < 1.29 is 19.4 Å². The Labute approximate surface area is 146 Å². The van der Waals surface area contributed by atoms with Crippen molar-refractivity contribution in [1.29, 1.82) is 0 Å². The summed E-state index contributed by atoms with van der Waals surface area (Å²) in [6.07, 6.45) is 0. The summed E-state index contributed by atoms with van der Waals surface area (Å²) in [6, 6.07) is 2.11. The number of carbonyl (C=O) groups excluding carboxylic acids is 1. The van der Waals surface area contributed by atoms with Crippen LogP contribution in [0.25, 0.3) is 0 Å². The lowest BCUT2D eigenvalue weighted by atomic mass is 10.2. The van der Waals surface area contributed by atoms with Crippen LogP contribution in [0.5, 0.6) is 0 Å². The number of nitrogens with one attached hydrogen (secondary N) is 1. The average Bonchev–Trinajstić information content (AvgIpc) is 2.42. The predicted octanol–water partition coefficient (Wildman–Crippen LogP) is 3.29. The van der Waals surface area contributed by atoms with Gasteiger partial charge in [0.25, 0.3) is 0 Å². The molecule has 1 aliphatic rings. The lowest BCUT2D eigenvalue weighted by molar-refractivity contribution is -0.147. The predicted molar refractivity (Wildman–Crippen MR) is 87.5 cm³/mol. The molecule has 1 unspecified atom stereocenters. The number of hydrogen-bond donors (Lipinski definition) is 2. The molecule has 1 atom stereocenters. The first kappa shape index (κ1) is 16.7. The van der Waals surface area contributed by atoms with E-state index in [2.05, 4.69) is 53.1 Å². The summed E-state index contributed by atoms with van der Waals surface area (Å²) in [5.74, 6) is -1.08. The van der Waals surface area contributed by atoms with E-state index in [0.29, 0.717) is 21.2 Å². The third-order valence-corrected chi connectivity index (χ3v) is 4.62. The molecule has 9 heteroatoms. The molecule has 1 aromatic carbocycles. The van der Waals surface area contributed by atoms with Gasteiger partial charge in [-0.05, 0) is 44.0 Å². The van der Waals surface area contributed by atoms with E-state index >= 15 is 0 Å². The van der Waals surface area contributed by atoms with Gasteiger partial charge in [-0.25, -0.2) is 9.59 Å². The molecular weight excluding hydrogens is 476 g/mol. The van der Waals surface area contributed by atoms with Crippen molar-refractivity contribution in [3.63, 3.8) is 0 Å². The molecular formula is C12H11Br3N2O4. The fourth-order valence-corrected chi connectivity index (χ4v) is 4.35. The van der Waals surface area contributed by atoms with Gasteiger partial charge in [-0.2, -0.15) is 0 Å². The molecule has 1 aromatic rings. The molecule has 0 bridgehead atoms. The number of morpholine rings is 1. The molecule has 6 nitrogen and oxygen atoms in total. The molecule has 1 heterocycles. The van der Waals surface area contributed by atoms with Gasteiger partial charge in [0.2, 0.25) is 0 Å². The van der Waals surface area contributed by atoms with Crippen LogP contribution in [0.4, 0.5) is 10.5 Å². The van der Waals surface area contributed by atoms with E-state index in [0.717, 1.165) is 4.47 Å². The van der Waals surface area contributed by atoms with E-state index in [-0.39, 0.29) is 13.2 Å². The number of nitrogens with zero attached hydrogens (tertiary/aromatic N) is 1. The highest BCUT2D eigenvalue weighted by Gasteiger charge is 2.33. The molecule has 1 saturated heterocycles. The monoisotopic (exact) mass is 484 g/mol. The standard InChI is InChI=1S/C12H11Br3N2O4/c13-6-3-7(14)10(8(15)4-6)16-12(20)17-1-2-21-5-9(17)11(18)19/h3-4,9H,1-2,5H2,(H,16,20)(H,18,19). The zero-order valence-electron chi connectivity index (χ0n) is 10.6. The third kappa shape index (κ3) is 3.97. The minimum Gasteiger partial charge on any atom is -0.480 e. The van der Waals surface area contributed by atoms with E-state index in [9.17, 15) is 9.59 Å². The van der Waals surface area contributed by atoms with Crippen molar-refractivity contribution in [2.24, 2.45) is 0 Å². The fraction of sp³-hybridized carbons (Fsp3) is 0.333. The van der Waals surface area contributed by atoms with E-state index in [1.807, 2.05) is 0 Å². The van der Waals surface area contributed by atoms with Crippen molar-refractivity contribution in [3.8, 4) is 0 Å². The molecule has 114 valence electrons. The van der Waals surface area contributed by atoms with E-state index in [4.69, 9.17) is 9.84 Å². The number of urea groups is 1. The molecule has 0 saturated carbocycles. The maximum absolute atomic E-state index is 12.3. The summed E-state index contributed by atoms with van der Waals surface area (Å²) in [5, 5.41) is 11.9. The second-order valence-corrected chi connectivity index (χ2v) is 6.92. The average molecular weight is 487 g/mol. The topological polar surface area (TPSA) is 78.9 Å². The van der Waals surface area contributed by atoms with Crippen LogP contribution in [0, 0.1) is 0 Å². The Morgan fingerprint density at radius 3 is 2.48 bits per heavy atom. The summed E-state index contributed by atoms with van der Waals surface area (Å²) in [4.78, 5) is 24.7. The Kier molecular flexibility index (Phi) is 5.64. The summed E-state index contributed by atoms with van der Waals surface area (Å²) in [7, 11) is 0. The number of halogens is 3. The minimum atomic E-state index is -1.08. The largest absolute Gasteiger partial charge is 0.480 e. The molecule has 0 aliphatic carbocycles. The number of benzene rings is 1. The van der Waals surface area contributed by atoms with Crippen LogP contribution in [0.3, 0.4) is 0 Å². The number of ether oxygens (including phenoxy) is 1. The number of carboxylic acid groups (broad SMARTS) is 1. The van der Waals surface area contributed by atoms with Crippen molar-refractivity contribution >= 4 is 65.5 Å². The molecule has 0 aromatic heterocycles. The number of carboxylic acids is 1. The highest BCUT2D eigenvalue weighted by atomic mass is 79.9. The van der Waals surface area contributed by atoms with E-state index in [1.54, 1.807) is 12.1 Å². The molecule has 2 rings (SSSR count). The van der Waals surface area contributed by atoms with Crippen LogP contribution in [0.15, 0.2) is 25.6 Å². The second-order valence-electron chi connectivity index (χ2n) is 4.30.